The molecule has 6 rings (SSSR count). The van der Waals surface area contributed by atoms with Crippen LogP contribution in [0.2, 0.25) is 0 Å². The second kappa shape index (κ2) is 5.19. The summed E-state index contributed by atoms with van der Waals surface area (Å²) >= 11 is 0. The summed E-state index contributed by atoms with van der Waals surface area (Å²) in [5, 5.41) is 10.2. The first-order valence-corrected chi connectivity index (χ1v) is 11.1. The maximum absolute atomic E-state index is 12.2. The van der Waals surface area contributed by atoms with Crippen molar-refractivity contribution in [2.24, 2.45) is 34.5 Å². The van der Waals surface area contributed by atoms with Gasteiger partial charge in [0.05, 0.1) is 6.61 Å². The van der Waals surface area contributed by atoms with Crippen LogP contribution in [0.1, 0.15) is 65.2 Å². The molecule has 0 amide bonds. The predicted octanol–water partition coefficient (Wildman–Crippen LogP) is 3.73. The zero-order chi connectivity index (χ0) is 19.5. The number of carbonyl (C=O) groups excluding carboxylic acids is 2. The van der Waals surface area contributed by atoms with Gasteiger partial charge in [0, 0.05) is 36.0 Å². The van der Waals surface area contributed by atoms with Crippen LogP contribution in [0.15, 0.2) is 22.8 Å². The van der Waals surface area contributed by atoms with E-state index < -0.39 is 0 Å². The van der Waals surface area contributed by atoms with Crippen LogP contribution in [0.4, 0.5) is 0 Å². The highest BCUT2D eigenvalue weighted by Crippen LogP contribution is 2.78. The standard InChI is InChI=1S/C24H30O4/c1-22-6-3-14(26)10-18(22)13(12-25)9-15-17(22)4-7-23(2)21(15)16-11-19(16)24(23)8-5-20(27)28-24/h4,15-16,19,21,25H,3,5-12H2,1-2H3/t15?,16-,19?,21?,22-,23+,24+/m1/s1. The van der Waals surface area contributed by atoms with Crippen molar-refractivity contribution in [1.82, 2.24) is 0 Å². The Morgan fingerprint density at radius 3 is 2.75 bits per heavy atom. The van der Waals surface area contributed by atoms with E-state index in [1.54, 1.807) is 0 Å². The van der Waals surface area contributed by atoms with Gasteiger partial charge in [-0.1, -0.05) is 31.1 Å². The summed E-state index contributed by atoms with van der Waals surface area (Å²) in [4.78, 5) is 24.3. The van der Waals surface area contributed by atoms with Crippen LogP contribution in [0, 0.1) is 34.5 Å². The van der Waals surface area contributed by atoms with Gasteiger partial charge in [0.2, 0.25) is 0 Å². The fraction of sp³-hybridized carbons (Fsp3) is 0.750. The first-order chi connectivity index (χ1) is 13.3. The van der Waals surface area contributed by atoms with Crippen LogP contribution in [0.3, 0.4) is 0 Å². The summed E-state index contributed by atoms with van der Waals surface area (Å²) in [6.07, 6.45) is 9.02. The minimum atomic E-state index is -0.256. The number of carbonyl (C=O) groups is 2. The van der Waals surface area contributed by atoms with E-state index >= 15 is 0 Å². The Hall–Kier alpha value is -1.42. The van der Waals surface area contributed by atoms with Crippen molar-refractivity contribution in [1.29, 1.82) is 0 Å². The molecule has 1 heterocycles. The molecule has 0 bridgehead atoms. The van der Waals surface area contributed by atoms with Gasteiger partial charge in [0.25, 0.3) is 0 Å². The maximum Gasteiger partial charge on any atom is 0.306 e. The van der Waals surface area contributed by atoms with E-state index in [1.807, 2.05) is 0 Å². The van der Waals surface area contributed by atoms with E-state index in [4.69, 9.17) is 4.74 Å². The number of hydrogen-bond acceptors (Lipinski definition) is 4. The van der Waals surface area contributed by atoms with E-state index in [1.165, 1.54) is 17.6 Å². The van der Waals surface area contributed by atoms with Crippen molar-refractivity contribution in [2.75, 3.05) is 6.61 Å². The van der Waals surface area contributed by atoms with Gasteiger partial charge < -0.3 is 9.84 Å². The summed E-state index contributed by atoms with van der Waals surface area (Å²) in [6.45, 7) is 4.76. The fourth-order valence-corrected chi connectivity index (χ4v) is 8.57. The summed E-state index contributed by atoms with van der Waals surface area (Å²) in [5.74, 6) is 2.45. The molecule has 6 aliphatic rings. The summed E-state index contributed by atoms with van der Waals surface area (Å²) in [5.41, 5.74) is 3.55. The third kappa shape index (κ3) is 1.82. The quantitative estimate of drug-likeness (QED) is 0.554. The Balaban J connectivity index is 1.47. The first-order valence-electron chi connectivity index (χ1n) is 11.1. The van der Waals surface area contributed by atoms with Crippen LogP contribution >= 0.6 is 0 Å². The lowest BCUT2D eigenvalue weighted by Gasteiger charge is -2.56. The van der Waals surface area contributed by atoms with E-state index in [0.717, 1.165) is 31.3 Å². The molecule has 1 aliphatic heterocycles. The number of fused-ring (bicyclic) bond motifs is 9. The molecular formula is C24H30O4. The molecule has 28 heavy (non-hydrogen) atoms. The Bertz CT molecular complexity index is 868. The van der Waals surface area contributed by atoms with E-state index in [2.05, 4.69) is 19.9 Å². The highest BCUT2D eigenvalue weighted by atomic mass is 16.6. The minimum Gasteiger partial charge on any atom is -0.458 e. The second-order valence-corrected chi connectivity index (χ2v) is 10.8. The molecule has 5 aliphatic carbocycles. The van der Waals surface area contributed by atoms with Gasteiger partial charge in [-0.25, -0.2) is 0 Å². The molecule has 3 saturated carbocycles. The molecule has 4 heteroatoms. The number of Topliss-reactive ketones (excluding diaryl/α,β-unsaturated/α-hetero) is 1. The molecule has 3 unspecified atom stereocenters. The normalized spacial score (nSPS) is 51.3. The number of aliphatic hydroxyl groups is 1. The molecule has 0 radical (unpaired) electrons. The zero-order valence-corrected chi connectivity index (χ0v) is 16.9. The van der Waals surface area contributed by atoms with Gasteiger partial charge in [-0.3, -0.25) is 9.59 Å². The average Bonchev–Trinajstić information content (AvgIpc) is 3.30. The van der Waals surface area contributed by atoms with Gasteiger partial charge in [-0.05, 0) is 55.4 Å². The highest BCUT2D eigenvalue weighted by Gasteiger charge is 2.78. The van der Waals surface area contributed by atoms with Crippen molar-refractivity contribution in [3.8, 4) is 0 Å². The second-order valence-electron chi connectivity index (χ2n) is 10.8. The number of allylic oxidation sites excluding steroid dienone is 3. The van der Waals surface area contributed by atoms with Gasteiger partial charge in [-0.15, -0.1) is 0 Å². The molecule has 150 valence electrons. The number of esters is 1. The van der Waals surface area contributed by atoms with Crippen molar-refractivity contribution in [3.63, 3.8) is 0 Å². The largest absolute Gasteiger partial charge is 0.458 e. The van der Waals surface area contributed by atoms with Crippen LogP contribution in [0.5, 0.6) is 0 Å². The SMILES string of the molecule is C[C@]12CCC(=O)CC1=C(CO)CC1C2=CC[C@@]2(C)C1[C@@H]1CC1[C@@]21CCC(=O)O1. The van der Waals surface area contributed by atoms with E-state index in [0.29, 0.717) is 48.7 Å². The van der Waals surface area contributed by atoms with Crippen LogP contribution < -0.4 is 0 Å². The molecule has 7 atom stereocenters. The Morgan fingerprint density at radius 2 is 2.04 bits per heavy atom. The number of ether oxygens (including phenoxy) is 1. The smallest absolute Gasteiger partial charge is 0.306 e. The number of rotatable bonds is 1. The highest BCUT2D eigenvalue weighted by molar-refractivity contribution is 5.83. The Kier molecular flexibility index (Phi) is 3.23. The van der Waals surface area contributed by atoms with Crippen molar-refractivity contribution in [3.05, 3.63) is 22.8 Å². The molecule has 0 aromatic rings. The summed E-state index contributed by atoms with van der Waals surface area (Å²) in [7, 11) is 0. The number of ketones is 1. The monoisotopic (exact) mass is 382 g/mol. The summed E-state index contributed by atoms with van der Waals surface area (Å²) in [6, 6.07) is 0. The van der Waals surface area contributed by atoms with Crippen LogP contribution in [0.25, 0.3) is 0 Å². The molecule has 1 spiro atoms. The van der Waals surface area contributed by atoms with Gasteiger partial charge in [0.1, 0.15) is 11.4 Å². The van der Waals surface area contributed by atoms with Crippen molar-refractivity contribution < 1.29 is 19.4 Å². The van der Waals surface area contributed by atoms with Gasteiger partial charge in [0.15, 0.2) is 0 Å². The van der Waals surface area contributed by atoms with Crippen molar-refractivity contribution in [2.45, 2.75) is 70.8 Å². The Labute approximate surface area is 166 Å². The molecular weight excluding hydrogens is 352 g/mol. The molecule has 1 N–H and O–H groups in total. The molecule has 0 aromatic heterocycles. The van der Waals surface area contributed by atoms with Crippen LogP contribution in [-0.4, -0.2) is 29.1 Å². The summed E-state index contributed by atoms with van der Waals surface area (Å²) < 4.78 is 6.14. The topological polar surface area (TPSA) is 63.6 Å². The third-order valence-electron chi connectivity index (χ3n) is 9.84. The average molecular weight is 383 g/mol. The minimum absolute atomic E-state index is 0.0121. The van der Waals surface area contributed by atoms with Gasteiger partial charge in [-0.2, -0.15) is 0 Å². The Morgan fingerprint density at radius 1 is 1.21 bits per heavy atom. The molecule has 0 aromatic carbocycles. The van der Waals surface area contributed by atoms with Crippen LogP contribution in [-0.2, 0) is 14.3 Å². The lowest BCUT2D eigenvalue weighted by molar-refractivity contribution is -0.165. The zero-order valence-electron chi connectivity index (χ0n) is 16.9. The lowest BCUT2D eigenvalue weighted by Crippen LogP contribution is -2.53. The molecule has 4 fully saturated rings. The predicted molar refractivity (Wildman–Crippen MR) is 103 cm³/mol. The van der Waals surface area contributed by atoms with Gasteiger partial charge >= 0.3 is 5.97 Å². The van der Waals surface area contributed by atoms with E-state index in [-0.39, 0.29) is 29.0 Å². The maximum atomic E-state index is 12.2. The molecule has 4 nitrogen and oxygen atoms in total. The number of aliphatic hydroxyl groups excluding tert-OH is 1. The first kappa shape index (κ1) is 17.4. The third-order valence-corrected chi connectivity index (χ3v) is 9.84. The number of hydrogen-bond donors (Lipinski definition) is 1. The fourth-order valence-electron chi connectivity index (χ4n) is 8.57. The lowest BCUT2D eigenvalue weighted by atomic mass is 9.49. The van der Waals surface area contributed by atoms with E-state index in [9.17, 15) is 14.7 Å². The molecule has 1 saturated heterocycles. The van der Waals surface area contributed by atoms with Crippen molar-refractivity contribution >= 4 is 11.8 Å².